The van der Waals surface area contributed by atoms with Gasteiger partial charge in [0, 0.05) is 44.2 Å². The van der Waals surface area contributed by atoms with Gasteiger partial charge < -0.3 is 15.4 Å². The molecule has 6 heteroatoms. The Labute approximate surface area is 125 Å². The quantitative estimate of drug-likeness (QED) is 0.438. The highest BCUT2D eigenvalue weighted by atomic mass is 32.1. The Bertz CT molecular complexity index is 404. The number of hydrogen-bond acceptors (Lipinski definition) is 4. The van der Waals surface area contributed by atoms with Gasteiger partial charge in [-0.25, -0.2) is 4.98 Å². The van der Waals surface area contributed by atoms with Gasteiger partial charge in [-0.15, -0.1) is 11.3 Å². The van der Waals surface area contributed by atoms with E-state index in [1.54, 1.807) is 18.4 Å². The summed E-state index contributed by atoms with van der Waals surface area (Å²) in [6.07, 6.45) is 4.12. The number of aliphatic imine (C=N–C) groups is 1. The normalized spacial score (nSPS) is 11.9. The van der Waals surface area contributed by atoms with E-state index in [-0.39, 0.29) is 0 Å². The highest BCUT2D eigenvalue weighted by molar-refractivity contribution is 7.11. The van der Waals surface area contributed by atoms with Crippen molar-refractivity contribution in [2.24, 2.45) is 4.99 Å². The van der Waals surface area contributed by atoms with Gasteiger partial charge in [0.2, 0.25) is 0 Å². The molecule has 0 fully saturated rings. The number of aryl methyl sites for hydroxylation is 1. The maximum Gasteiger partial charge on any atom is 0.190 e. The van der Waals surface area contributed by atoms with Crippen molar-refractivity contribution in [1.29, 1.82) is 0 Å². The van der Waals surface area contributed by atoms with Crippen LogP contribution < -0.4 is 10.6 Å². The number of nitrogens with zero attached hydrogens (tertiary/aromatic N) is 2. The summed E-state index contributed by atoms with van der Waals surface area (Å²) in [5.41, 5.74) is 0. The molecular formula is C14H26N4OS. The van der Waals surface area contributed by atoms with Crippen LogP contribution in [0.3, 0.4) is 0 Å². The molecule has 1 heterocycles. The van der Waals surface area contributed by atoms with Crippen LogP contribution in [0.25, 0.3) is 0 Å². The highest BCUT2D eigenvalue weighted by Gasteiger charge is 2.01. The Morgan fingerprint density at radius 3 is 2.75 bits per heavy atom. The molecule has 0 unspecified atom stereocenters. The summed E-state index contributed by atoms with van der Waals surface area (Å²) < 4.78 is 5.49. The first-order chi connectivity index (χ1) is 9.61. The molecule has 20 heavy (non-hydrogen) atoms. The van der Waals surface area contributed by atoms with Gasteiger partial charge in [0.25, 0.3) is 0 Å². The van der Waals surface area contributed by atoms with E-state index in [4.69, 9.17) is 4.74 Å². The average molecular weight is 298 g/mol. The fourth-order valence-corrected chi connectivity index (χ4v) is 2.41. The zero-order valence-electron chi connectivity index (χ0n) is 12.9. The largest absolute Gasteiger partial charge is 0.379 e. The lowest BCUT2D eigenvalue weighted by molar-refractivity contribution is 0.0776. The van der Waals surface area contributed by atoms with Gasteiger partial charge >= 0.3 is 0 Å². The number of thiazole rings is 1. The van der Waals surface area contributed by atoms with E-state index in [0.29, 0.717) is 6.10 Å². The summed E-state index contributed by atoms with van der Waals surface area (Å²) in [7, 11) is 1.79. The minimum absolute atomic E-state index is 0.300. The number of aromatic nitrogens is 1. The fraction of sp³-hybridized carbons (Fsp3) is 0.714. The lowest BCUT2D eigenvalue weighted by Gasteiger charge is -2.12. The Morgan fingerprint density at radius 1 is 1.40 bits per heavy atom. The predicted molar refractivity (Wildman–Crippen MR) is 85.6 cm³/mol. The SMILES string of the molecule is CN=C(NCCCOC(C)C)NCCc1ncc(C)s1. The maximum absolute atomic E-state index is 5.49. The second-order valence-electron chi connectivity index (χ2n) is 4.81. The Morgan fingerprint density at radius 2 is 2.15 bits per heavy atom. The molecule has 0 bridgehead atoms. The molecule has 0 radical (unpaired) electrons. The van der Waals surface area contributed by atoms with Crippen molar-refractivity contribution in [1.82, 2.24) is 15.6 Å². The molecule has 114 valence electrons. The molecule has 0 aliphatic heterocycles. The first-order valence-corrected chi connectivity index (χ1v) is 7.91. The summed E-state index contributed by atoms with van der Waals surface area (Å²) >= 11 is 1.75. The predicted octanol–water partition coefficient (Wildman–Crippen LogP) is 1.97. The minimum Gasteiger partial charge on any atom is -0.379 e. The van der Waals surface area contributed by atoms with Crippen molar-refractivity contribution in [3.05, 3.63) is 16.1 Å². The molecule has 5 nitrogen and oxygen atoms in total. The summed E-state index contributed by atoms with van der Waals surface area (Å²) in [4.78, 5) is 9.79. The molecule has 0 spiro atoms. The number of nitrogens with one attached hydrogen (secondary N) is 2. The molecule has 1 rings (SSSR count). The molecule has 1 aromatic rings. The molecule has 1 aromatic heterocycles. The van der Waals surface area contributed by atoms with Crippen LogP contribution in [-0.4, -0.2) is 43.8 Å². The van der Waals surface area contributed by atoms with E-state index in [1.165, 1.54) is 4.88 Å². The van der Waals surface area contributed by atoms with Crippen LogP contribution in [0, 0.1) is 6.92 Å². The molecule has 0 saturated heterocycles. The first-order valence-electron chi connectivity index (χ1n) is 7.09. The molecule has 0 atom stereocenters. The molecule has 0 amide bonds. The number of rotatable bonds is 8. The van der Waals surface area contributed by atoms with Gasteiger partial charge in [0.05, 0.1) is 11.1 Å². The van der Waals surface area contributed by atoms with Gasteiger partial charge in [-0.1, -0.05) is 0 Å². The van der Waals surface area contributed by atoms with E-state index in [9.17, 15) is 0 Å². The van der Waals surface area contributed by atoms with Gasteiger partial charge in [-0.2, -0.15) is 0 Å². The summed E-state index contributed by atoms with van der Waals surface area (Å²) in [5, 5.41) is 7.73. The number of hydrogen-bond donors (Lipinski definition) is 2. The van der Waals surface area contributed by atoms with Crippen molar-refractivity contribution >= 4 is 17.3 Å². The molecule has 2 N–H and O–H groups in total. The number of ether oxygens (including phenoxy) is 1. The van der Waals surface area contributed by atoms with E-state index in [0.717, 1.165) is 43.5 Å². The maximum atomic E-state index is 5.49. The third kappa shape index (κ3) is 7.45. The second kappa shape index (κ2) is 9.72. The smallest absolute Gasteiger partial charge is 0.190 e. The lowest BCUT2D eigenvalue weighted by Crippen LogP contribution is -2.39. The van der Waals surface area contributed by atoms with Crippen LogP contribution in [0.4, 0.5) is 0 Å². The van der Waals surface area contributed by atoms with E-state index in [1.807, 2.05) is 20.0 Å². The molecule has 0 aliphatic carbocycles. The highest BCUT2D eigenvalue weighted by Crippen LogP contribution is 2.10. The zero-order valence-corrected chi connectivity index (χ0v) is 13.7. The summed E-state index contributed by atoms with van der Waals surface area (Å²) in [5.74, 6) is 0.836. The third-order valence-corrected chi connectivity index (χ3v) is 3.56. The molecular weight excluding hydrogens is 272 g/mol. The summed E-state index contributed by atoms with van der Waals surface area (Å²) in [6.45, 7) is 8.66. The standard InChI is InChI=1S/C14H26N4OS/c1-11(2)19-9-5-7-16-14(15-4)17-8-6-13-18-10-12(3)20-13/h10-11H,5-9H2,1-4H3,(H2,15,16,17). The fourth-order valence-electron chi connectivity index (χ4n) is 1.62. The van der Waals surface area contributed by atoms with Gasteiger partial charge in [-0.3, -0.25) is 4.99 Å². The van der Waals surface area contributed by atoms with Crippen LogP contribution >= 0.6 is 11.3 Å². The second-order valence-corrected chi connectivity index (χ2v) is 6.13. The Kier molecular flexibility index (Phi) is 8.22. The van der Waals surface area contributed by atoms with Crippen LogP contribution in [-0.2, 0) is 11.2 Å². The molecule has 0 aromatic carbocycles. The number of guanidine groups is 1. The van der Waals surface area contributed by atoms with Crippen LogP contribution in [0.2, 0.25) is 0 Å². The average Bonchev–Trinajstić information content (AvgIpc) is 2.81. The van der Waals surface area contributed by atoms with Gasteiger partial charge in [0.15, 0.2) is 5.96 Å². The van der Waals surface area contributed by atoms with Crippen LogP contribution in [0.15, 0.2) is 11.2 Å². The van der Waals surface area contributed by atoms with Crippen molar-refractivity contribution in [3.63, 3.8) is 0 Å². The van der Waals surface area contributed by atoms with Crippen molar-refractivity contribution < 1.29 is 4.74 Å². The molecule has 0 saturated carbocycles. The molecule has 0 aliphatic rings. The van der Waals surface area contributed by atoms with E-state index in [2.05, 4.69) is 27.5 Å². The monoisotopic (exact) mass is 298 g/mol. The van der Waals surface area contributed by atoms with E-state index >= 15 is 0 Å². The van der Waals surface area contributed by atoms with Crippen molar-refractivity contribution in [3.8, 4) is 0 Å². The van der Waals surface area contributed by atoms with Crippen LogP contribution in [0.1, 0.15) is 30.2 Å². The minimum atomic E-state index is 0.300. The third-order valence-electron chi connectivity index (χ3n) is 2.59. The first kappa shape index (κ1) is 16.9. The Hall–Kier alpha value is -1.14. The van der Waals surface area contributed by atoms with E-state index < -0.39 is 0 Å². The lowest BCUT2D eigenvalue weighted by atomic mass is 10.4. The zero-order chi connectivity index (χ0) is 14.8. The topological polar surface area (TPSA) is 58.5 Å². The van der Waals surface area contributed by atoms with Gasteiger partial charge in [0.1, 0.15) is 0 Å². The van der Waals surface area contributed by atoms with Crippen LogP contribution in [0.5, 0.6) is 0 Å². The van der Waals surface area contributed by atoms with Gasteiger partial charge in [-0.05, 0) is 27.2 Å². The Balaban J connectivity index is 2.10. The van der Waals surface area contributed by atoms with Crippen molar-refractivity contribution in [2.45, 2.75) is 39.7 Å². The summed E-state index contributed by atoms with van der Waals surface area (Å²) in [6, 6.07) is 0. The van der Waals surface area contributed by atoms with Crippen molar-refractivity contribution in [2.75, 3.05) is 26.7 Å².